The highest BCUT2D eigenvalue weighted by Crippen LogP contribution is 2.23. The molecule has 0 fully saturated rings. The fourth-order valence-corrected chi connectivity index (χ4v) is 3.88. The minimum absolute atomic E-state index is 0.191. The molecule has 0 aliphatic heterocycles. The first-order valence-corrected chi connectivity index (χ1v) is 12.7. The summed E-state index contributed by atoms with van der Waals surface area (Å²) in [5.74, 6) is -0.236. The van der Waals surface area contributed by atoms with Crippen LogP contribution < -0.4 is 4.74 Å². The van der Waals surface area contributed by atoms with Crippen LogP contribution in [0.3, 0.4) is 0 Å². The van der Waals surface area contributed by atoms with Crippen molar-refractivity contribution in [3.8, 4) is 5.75 Å². The molecule has 2 aromatic carbocycles. The fourth-order valence-electron chi connectivity index (χ4n) is 3.88. The molecule has 2 rings (SSSR count). The second-order valence-electron chi connectivity index (χ2n) is 9.17. The monoisotopic (exact) mass is 467 g/mol. The van der Waals surface area contributed by atoms with Crippen LogP contribution in [0.1, 0.15) is 76.8 Å². The number of carboxylic acids is 1. The number of aliphatic carboxylic acids is 1. The summed E-state index contributed by atoms with van der Waals surface area (Å²) < 4.78 is 5.82. The molecule has 186 valence electrons. The standard InChI is InChI=1S/C29H41NO4/c1-4-6-7-8-12-21-30(27(31)19-18-24-14-10-9-11-15-24)22-20-25-16-13-17-26(23-25)34-29(3,5-2)28(32)33/h9-11,13-17,23H,4-8,12,18-22H2,1-3H3,(H,32,33). The summed E-state index contributed by atoms with van der Waals surface area (Å²) >= 11 is 0. The van der Waals surface area contributed by atoms with E-state index in [1.165, 1.54) is 24.8 Å². The predicted octanol–water partition coefficient (Wildman–Crippen LogP) is 6.29. The number of hydrogen-bond donors (Lipinski definition) is 1. The van der Waals surface area contributed by atoms with E-state index in [1.807, 2.05) is 41.3 Å². The van der Waals surface area contributed by atoms with Gasteiger partial charge in [-0.05, 0) is 55.9 Å². The molecule has 1 amide bonds. The molecule has 5 nitrogen and oxygen atoms in total. The highest BCUT2D eigenvalue weighted by atomic mass is 16.5. The minimum Gasteiger partial charge on any atom is -0.478 e. The van der Waals surface area contributed by atoms with Crippen LogP contribution in [-0.4, -0.2) is 40.6 Å². The smallest absolute Gasteiger partial charge is 0.347 e. The summed E-state index contributed by atoms with van der Waals surface area (Å²) in [6.07, 6.45) is 8.15. The summed E-state index contributed by atoms with van der Waals surface area (Å²) in [6, 6.07) is 17.7. The van der Waals surface area contributed by atoms with Gasteiger partial charge in [0.25, 0.3) is 0 Å². The van der Waals surface area contributed by atoms with Gasteiger partial charge in [-0.15, -0.1) is 0 Å². The average molecular weight is 468 g/mol. The van der Waals surface area contributed by atoms with Gasteiger partial charge >= 0.3 is 5.97 Å². The first-order chi connectivity index (χ1) is 16.4. The molecule has 0 aliphatic rings. The van der Waals surface area contributed by atoms with E-state index in [4.69, 9.17) is 4.74 Å². The molecule has 2 aromatic rings. The molecule has 0 radical (unpaired) electrons. The normalized spacial score (nSPS) is 12.7. The van der Waals surface area contributed by atoms with Gasteiger partial charge in [-0.1, -0.05) is 82.0 Å². The van der Waals surface area contributed by atoms with Crippen LogP contribution in [0.4, 0.5) is 0 Å². The van der Waals surface area contributed by atoms with Gasteiger partial charge in [0.15, 0.2) is 0 Å². The zero-order chi connectivity index (χ0) is 24.8. The Balaban J connectivity index is 1.99. The number of unbranched alkanes of at least 4 members (excludes halogenated alkanes) is 4. The highest BCUT2D eigenvalue weighted by molar-refractivity contribution is 5.77. The lowest BCUT2D eigenvalue weighted by molar-refractivity contribution is -0.154. The van der Waals surface area contributed by atoms with Crippen LogP contribution in [0.2, 0.25) is 0 Å². The van der Waals surface area contributed by atoms with Crippen molar-refractivity contribution in [1.29, 1.82) is 0 Å². The zero-order valence-electron chi connectivity index (χ0n) is 21.1. The SMILES string of the molecule is CCCCCCCN(CCc1cccc(OC(C)(CC)C(=O)O)c1)C(=O)CCc1ccccc1. The number of rotatable bonds is 16. The van der Waals surface area contributed by atoms with E-state index >= 15 is 0 Å². The van der Waals surface area contributed by atoms with E-state index in [0.717, 1.165) is 31.4 Å². The molecule has 1 unspecified atom stereocenters. The number of carbonyl (C=O) groups is 2. The average Bonchev–Trinajstić information content (AvgIpc) is 2.85. The van der Waals surface area contributed by atoms with Crippen molar-refractivity contribution < 1.29 is 19.4 Å². The number of nitrogens with zero attached hydrogens (tertiary/aromatic N) is 1. The Morgan fingerprint density at radius 2 is 1.59 bits per heavy atom. The number of ether oxygens (including phenoxy) is 1. The van der Waals surface area contributed by atoms with Gasteiger partial charge in [0.1, 0.15) is 5.75 Å². The third-order valence-corrected chi connectivity index (χ3v) is 6.39. The Hall–Kier alpha value is -2.82. The number of carboxylic acid groups (broad SMARTS) is 1. The number of hydrogen-bond acceptors (Lipinski definition) is 3. The van der Waals surface area contributed by atoms with Crippen molar-refractivity contribution in [2.45, 2.75) is 84.2 Å². The Kier molecular flexibility index (Phi) is 11.7. The van der Waals surface area contributed by atoms with Crippen LogP contribution in [0, 0.1) is 0 Å². The van der Waals surface area contributed by atoms with E-state index < -0.39 is 11.6 Å². The van der Waals surface area contributed by atoms with Gasteiger partial charge in [-0.2, -0.15) is 0 Å². The molecular weight excluding hydrogens is 426 g/mol. The molecule has 0 spiro atoms. The van der Waals surface area contributed by atoms with Crippen molar-refractivity contribution in [3.63, 3.8) is 0 Å². The Bertz CT molecular complexity index is 883. The summed E-state index contributed by atoms with van der Waals surface area (Å²) in [5, 5.41) is 9.50. The van der Waals surface area contributed by atoms with E-state index in [2.05, 4.69) is 19.1 Å². The van der Waals surface area contributed by atoms with Crippen LogP contribution in [0.15, 0.2) is 54.6 Å². The van der Waals surface area contributed by atoms with Gasteiger partial charge in [0.2, 0.25) is 11.5 Å². The molecule has 0 bridgehead atoms. The Labute approximate surface area is 205 Å². The molecule has 0 heterocycles. The quantitative estimate of drug-likeness (QED) is 0.295. The number of amides is 1. The van der Waals surface area contributed by atoms with Crippen molar-refractivity contribution in [2.24, 2.45) is 0 Å². The third-order valence-electron chi connectivity index (χ3n) is 6.39. The van der Waals surface area contributed by atoms with Gasteiger partial charge in [0.05, 0.1) is 0 Å². The van der Waals surface area contributed by atoms with E-state index in [9.17, 15) is 14.7 Å². The summed E-state index contributed by atoms with van der Waals surface area (Å²) in [6.45, 7) is 7.02. The minimum atomic E-state index is -1.25. The first-order valence-electron chi connectivity index (χ1n) is 12.7. The van der Waals surface area contributed by atoms with Gasteiger partial charge in [-0.25, -0.2) is 4.79 Å². The van der Waals surface area contributed by atoms with Crippen molar-refractivity contribution >= 4 is 11.9 Å². The second kappa shape index (κ2) is 14.4. The van der Waals surface area contributed by atoms with Crippen molar-refractivity contribution in [3.05, 3.63) is 65.7 Å². The largest absolute Gasteiger partial charge is 0.478 e. The number of benzene rings is 2. The maximum absolute atomic E-state index is 13.1. The first kappa shape index (κ1) is 27.4. The molecule has 5 heteroatoms. The van der Waals surface area contributed by atoms with Crippen LogP contribution in [0.25, 0.3) is 0 Å². The maximum atomic E-state index is 13.1. The van der Waals surface area contributed by atoms with E-state index in [0.29, 0.717) is 31.6 Å². The molecule has 34 heavy (non-hydrogen) atoms. The third kappa shape index (κ3) is 9.20. The summed E-state index contributed by atoms with van der Waals surface area (Å²) in [5.41, 5.74) is 0.963. The number of carbonyl (C=O) groups excluding carboxylic acids is 1. The summed E-state index contributed by atoms with van der Waals surface area (Å²) in [7, 11) is 0. The maximum Gasteiger partial charge on any atom is 0.347 e. The van der Waals surface area contributed by atoms with Gasteiger partial charge in [-0.3, -0.25) is 4.79 Å². The molecule has 0 saturated carbocycles. The van der Waals surface area contributed by atoms with Crippen molar-refractivity contribution in [1.82, 2.24) is 4.90 Å². The van der Waals surface area contributed by atoms with Gasteiger partial charge in [0, 0.05) is 19.5 Å². The Morgan fingerprint density at radius 1 is 0.882 bits per heavy atom. The van der Waals surface area contributed by atoms with Crippen LogP contribution >= 0.6 is 0 Å². The predicted molar refractivity (Wildman–Crippen MR) is 137 cm³/mol. The molecule has 0 saturated heterocycles. The molecule has 0 aliphatic carbocycles. The second-order valence-corrected chi connectivity index (χ2v) is 9.17. The highest BCUT2D eigenvalue weighted by Gasteiger charge is 2.33. The van der Waals surface area contributed by atoms with Crippen LogP contribution in [-0.2, 0) is 22.4 Å². The topological polar surface area (TPSA) is 66.8 Å². The lowest BCUT2D eigenvalue weighted by Gasteiger charge is -2.25. The number of aryl methyl sites for hydroxylation is 1. The lowest BCUT2D eigenvalue weighted by Crippen LogP contribution is -2.40. The zero-order valence-corrected chi connectivity index (χ0v) is 21.1. The molecule has 1 atom stereocenters. The van der Waals surface area contributed by atoms with Crippen molar-refractivity contribution in [2.75, 3.05) is 13.1 Å². The van der Waals surface area contributed by atoms with E-state index in [1.54, 1.807) is 19.9 Å². The van der Waals surface area contributed by atoms with E-state index in [-0.39, 0.29) is 5.91 Å². The molecule has 0 aromatic heterocycles. The molecule has 1 N–H and O–H groups in total. The van der Waals surface area contributed by atoms with Crippen LogP contribution in [0.5, 0.6) is 5.75 Å². The fraction of sp³-hybridized carbons (Fsp3) is 0.517. The Morgan fingerprint density at radius 3 is 2.26 bits per heavy atom. The lowest BCUT2D eigenvalue weighted by atomic mass is 10.0. The van der Waals surface area contributed by atoms with Gasteiger partial charge < -0.3 is 14.7 Å². The molecular formula is C29H41NO4. The summed E-state index contributed by atoms with van der Waals surface area (Å²) in [4.78, 5) is 26.7.